The van der Waals surface area contributed by atoms with Crippen LogP contribution >= 0.6 is 0 Å². The van der Waals surface area contributed by atoms with Crippen LogP contribution in [0.4, 0.5) is 0 Å². The maximum atomic E-state index is 8.99. The molecule has 0 aliphatic heterocycles. The highest BCUT2D eigenvalue weighted by molar-refractivity contribution is 6.17. The van der Waals surface area contributed by atoms with E-state index in [1.165, 1.54) is 27.8 Å². The first-order chi connectivity index (χ1) is 15.8. The second-order valence-corrected chi connectivity index (χ2v) is 7.82. The van der Waals surface area contributed by atoms with Crippen molar-refractivity contribution in [1.29, 1.82) is 0 Å². The smallest absolute Gasteiger partial charge is 0.537 e. The van der Waals surface area contributed by atoms with Crippen molar-refractivity contribution in [2.24, 2.45) is 0 Å². The standard InChI is InChI=1S/C29H22BO2/c31-30-32-28-18-17-23-13-16-26(19-27(23)20-28)29(24-9-5-2-6-10-24)25-14-11-22(12-15-25)21-7-3-1-4-8-21/h1-20,29,31H. The van der Waals surface area contributed by atoms with E-state index in [4.69, 9.17) is 9.68 Å². The highest BCUT2D eigenvalue weighted by Crippen LogP contribution is 2.35. The monoisotopic (exact) mass is 413 g/mol. The lowest BCUT2D eigenvalue weighted by Crippen LogP contribution is -2.03. The third-order valence-corrected chi connectivity index (χ3v) is 5.84. The summed E-state index contributed by atoms with van der Waals surface area (Å²) in [5.41, 5.74) is 6.12. The molecule has 0 bridgehead atoms. The van der Waals surface area contributed by atoms with Crippen LogP contribution in [0.1, 0.15) is 22.6 Å². The lowest BCUT2D eigenvalue weighted by molar-refractivity contribution is 0.454. The van der Waals surface area contributed by atoms with Gasteiger partial charge in [-0.1, -0.05) is 109 Å². The quantitative estimate of drug-likeness (QED) is 0.251. The van der Waals surface area contributed by atoms with Gasteiger partial charge in [-0.2, -0.15) is 0 Å². The van der Waals surface area contributed by atoms with Crippen LogP contribution in [0, 0.1) is 0 Å². The fourth-order valence-electron chi connectivity index (χ4n) is 4.28. The minimum Gasteiger partial charge on any atom is -0.537 e. The van der Waals surface area contributed by atoms with Crippen LogP contribution in [0.2, 0.25) is 0 Å². The summed E-state index contributed by atoms with van der Waals surface area (Å²) in [5.74, 6) is 0.722. The molecule has 5 aromatic carbocycles. The van der Waals surface area contributed by atoms with Crippen molar-refractivity contribution in [1.82, 2.24) is 0 Å². The van der Waals surface area contributed by atoms with E-state index in [1.54, 1.807) is 0 Å². The van der Waals surface area contributed by atoms with Gasteiger partial charge >= 0.3 is 7.69 Å². The molecule has 5 aromatic rings. The van der Waals surface area contributed by atoms with Gasteiger partial charge in [0.25, 0.3) is 0 Å². The second kappa shape index (κ2) is 9.13. The molecule has 2 nitrogen and oxygen atoms in total. The highest BCUT2D eigenvalue weighted by Gasteiger charge is 2.17. The first-order valence-corrected chi connectivity index (χ1v) is 10.7. The molecule has 5 rings (SSSR count). The Morgan fingerprint density at radius 2 is 1.12 bits per heavy atom. The van der Waals surface area contributed by atoms with E-state index in [-0.39, 0.29) is 5.92 Å². The number of fused-ring (bicyclic) bond motifs is 1. The van der Waals surface area contributed by atoms with Gasteiger partial charge in [0.2, 0.25) is 0 Å². The predicted octanol–water partition coefficient (Wildman–Crippen LogP) is 6.59. The number of hydrogen-bond acceptors (Lipinski definition) is 2. The molecule has 1 radical (unpaired) electrons. The maximum absolute atomic E-state index is 8.99. The van der Waals surface area contributed by atoms with Gasteiger partial charge in [0.15, 0.2) is 0 Å². The first kappa shape index (κ1) is 20.1. The number of benzene rings is 5. The molecule has 1 unspecified atom stereocenters. The van der Waals surface area contributed by atoms with Gasteiger partial charge in [-0.25, -0.2) is 0 Å². The molecule has 1 N–H and O–H groups in total. The van der Waals surface area contributed by atoms with E-state index < -0.39 is 0 Å². The Kier molecular flexibility index (Phi) is 5.74. The van der Waals surface area contributed by atoms with Gasteiger partial charge in [-0.05, 0) is 50.7 Å². The summed E-state index contributed by atoms with van der Waals surface area (Å²) in [6.45, 7) is 0. The summed E-state index contributed by atoms with van der Waals surface area (Å²) < 4.78 is 5.17. The van der Waals surface area contributed by atoms with E-state index in [0.717, 1.165) is 10.8 Å². The maximum Gasteiger partial charge on any atom is 0.569 e. The largest absolute Gasteiger partial charge is 0.569 e. The molecule has 0 spiro atoms. The van der Waals surface area contributed by atoms with Crippen LogP contribution in [0.3, 0.4) is 0 Å². The van der Waals surface area contributed by atoms with Crippen molar-refractivity contribution in [2.75, 3.05) is 0 Å². The topological polar surface area (TPSA) is 29.5 Å². The molecule has 3 heteroatoms. The molecular weight excluding hydrogens is 391 g/mol. The molecular formula is C29H22BO2. The molecule has 0 saturated heterocycles. The third kappa shape index (κ3) is 4.16. The van der Waals surface area contributed by atoms with Crippen LogP contribution in [0.5, 0.6) is 5.75 Å². The fraction of sp³-hybridized carbons (Fsp3) is 0.0345. The van der Waals surface area contributed by atoms with E-state index in [9.17, 15) is 0 Å². The molecule has 0 fully saturated rings. The van der Waals surface area contributed by atoms with Crippen molar-refractivity contribution >= 4 is 18.5 Å². The van der Waals surface area contributed by atoms with Gasteiger partial charge in [-0.3, -0.25) is 0 Å². The summed E-state index contributed by atoms with van der Waals surface area (Å²) in [4.78, 5) is 0. The Labute approximate surface area is 189 Å². The lowest BCUT2D eigenvalue weighted by atomic mass is 9.84. The zero-order valence-electron chi connectivity index (χ0n) is 17.6. The molecule has 0 saturated carbocycles. The van der Waals surface area contributed by atoms with Crippen molar-refractivity contribution < 1.29 is 9.68 Å². The zero-order valence-corrected chi connectivity index (χ0v) is 17.6. The average molecular weight is 413 g/mol. The van der Waals surface area contributed by atoms with Crippen LogP contribution < -0.4 is 4.65 Å². The van der Waals surface area contributed by atoms with Crippen molar-refractivity contribution in [3.05, 3.63) is 138 Å². The van der Waals surface area contributed by atoms with Gasteiger partial charge in [-0.15, -0.1) is 0 Å². The number of rotatable bonds is 6. The average Bonchev–Trinajstić information content (AvgIpc) is 2.86. The van der Waals surface area contributed by atoms with Crippen LogP contribution in [-0.2, 0) is 0 Å². The normalized spacial score (nSPS) is 11.8. The van der Waals surface area contributed by atoms with Crippen LogP contribution in [0.25, 0.3) is 21.9 Å². The van der Waals surface area contributed by atoms with E-state index >= 15 is 0 Å². The minimum atomic E-state index is 0.111. The second-order valence-electron chi connectivity index (χ2n) is 7.82. The van der Waals surface area contributed by atoms with Gasteiger partial charge in [0, 0.05) is 5.92 Å². The molecule has 0 heterocycles. The lowest BCUT2D eigenvalue weighted by Gasteiger charge is -2.20. The molecule has 153 valence electrons. The van der Waals surface area contributed by atoms with E-state index in [0.29, 0.717) is 13.4 Å². The molecule has 32 heavy (non-hydrogen) atoms. The molecule has 0 aromatic heterocycles. The molecule has 0 amide bonds. The van der Waals surface area contributed by atoms with E-state index in [1.807, 2.05) is 24.3 Å². The van der Waals surface area contributed by atoms with Crippen molar-refractivity contribution in [3.63, 3.8) is 0 Å². The summed E-state index contributed by atoms with van der Waals surface area (Å²) >= 11 is 0. The SMILES string of the molecule is O[B]Oc1ccc2ccc(C(c3ccccc3)c3ccc(-c4ccccc4)cc3)cc2c1. The van der Waals surface area contributed by atoms with E-state index in [2.05, 4.69) is 97.1 Å². The highest BCUT2D eigenvalue weighted by atomic mass is 16.5. The molecule has 0 aliphatic rings. The van der Waals surface area contributed by atoms with Gasteiger partial charge in [0.05, 0.1) is 0 Å². The van der Waals surface area contributed by atoms with Crippen LogP contribution in [-0.4, -0.2) is 12.7 Å². The Morgan fingerprint density at radius 3 is 1.84 bits per heavy atom. The third-order valence-electron chi connectivity index (χ3n) is 5.84. The summed E-state index contributed by atoms with van der Waals surface area (Å²) in [7, 11) is 0.714. The Hall–Kier alpha value is -3.82. The zero-order chi connectivity index (χ0) is 21.8. The molecule has 1 atom stereocenters. The Morgan fingerprint density at radius 1 is 0.531 bits per heavy atom. The molecule has 0 aliphatic carbocycles. The van der Waals surface area contributed by atoms with Crippen molar-refractivity contribution in [2.45, 2.75) is 5.92 Å². The summed E-state index contributed by atoms with van der Waals surface area (Å²) in [6.07, 6.45) is 0. The predicted molar refractivity (Wildman–Crippen MR) is 132 cm³/mol. The fourth-order valence-corrected chi connectivity index (χ4v) is 4.28. The van der Waals surface area contributed by atoms with Crippen LogP contribution in [0.15, 0.2) is 121 Å². The summed E-state index contributed by atoms with van der Waals surface area (Å²) in [6, 6.07) is 42.2. The Bertz CT molecular complexity index is 1320. The van der Waals surface area contributed by atoms with Gasteiger partial charge < -0.3 is 9.68 Å². The summed E-state index contributed by atoms with van der Waals surface area (Å²) in [5, 5.41) is 11.2. The van der Waals surface area contributed by atoms with Gasteiger partial charge in [0.1, 0.15) is 5.75 Å². The minimum absolute atomic E-state index is 0.111. The van der Waals surface area contributed by atoms with Crippen molar-refractivity contribution in [3.8, 4) is 16.9 Å². The first-order valence-electron chi connectivity index (χ1n) is 10.7. The Balaban J connectivity index is 1.59. The number of hydrogen-bond donors (Lipinski definition) is 1.